The Morgan fingerprint density at radius 1 is 1.18 bits per heavy atom. The molecule has 0 radical (unpaired) electrons. The Balaban J connectivity index is 1.53. The van der Waals surface area contributed by atoms with Gasteiger partial charge in [-0.15, -0.1) is 10.2 Å². The van der Waals surface area contributed by atoms with Gasteiger partial charge in [0.05, 0.1) is 30.7 Å². The molecule has 3 aromatic rings. The highest BCUT2D eigenvalue weighted by Crippen LogP contribution is 2.28. The third-order valence-corrected chi connectivity index (χ3v) is 6.74. The number of hydrogen-bond acceptors (Lipinski definition) is 6. The number of carbonyl (C=O) groups is 1. The Morgan fingerprint density at radius 2 is 1.91 bits per heavy atom. The van der Waals surface area contributed by atoms with E-state index in [2.05, 4.69) is 21.2 Å². The van der Waals surface area contributed by atoms with Crippen LogP contribution in [0.25, 0.3) is 5.69 Å². The van der Waals surface area contributed by atoms with E-state index < -0.39 is 0 Å². The van der Waals surface area contributed by atoms with E-state index in [0.717, 1.165) is 35.9 Å². The fraction of sp³-hybridized carbons (Fsp3) is 0.375. The van der Waals surface area contributed by atoms with Gasteiger partial charge in [-0.2, -0.15) is 0 Å². The number of hydrogen-bond donors (Lipinski definition) is 0. The zero-order chi connectivity index (χ0) is 23.4. The summed E-state index contributed by atoms with van der Waals surface area (Å²) in [5.74, 6) is 0.646. The summed E-state index contributed by atoms with van der Waals surface area (Å²) in [6.45, 7) is 6.75. The Bertz CT molecular complexity index is 1100. The lowest BCUT2D eigenvalue weighted by Gasteiger charge is -2.28. The number of nitrogens with zero attached hydrogens (tertiary/aromatic N) is 5. The topological polar surface area (TPSA) is 63.5 Å². The van der Waals surface area contributed by atoms with Crippen molar-refractivity contribution in [3.63, 3.8) is 0 Å². The first-order valence-electron chi connectivity index (χ1n) is 10.9. The van der Waals surface area contributed by atoms with Gasteiger partial charge < -0.3 is 14.5 Å². The molecule has 1 fully saturated rings. The highest BCUT2D eigenvalue weighted by Gasteiger charge is 2.24. The van der Waals surface area contributed by atoms with Crippen molar-refractivity contribution in [2.24, 2.45) is 0 Å². The second-order valence-electron chi connectivity index (χ2n) is 8.08. The number of ether oxygens (including phenoxy) is 1. The zero-order valence-corrected chi connectivity index (χ0v) is 19.9. The lowest BCUT2D eigenvalue weighted by molar-refractivity contribution is -0.128. The third kappa shape index (κ3) is 5.36. The molecule has 7 nitrogen and oxygen atoms in total. The standard InChI is InChI=1S/C24H28FN5O2S/c1-17-5-4-6-21(15-17)30-23(29-11-13-32-14-12-29)26-27-24(30)33-16-22(31)28(3)18(2)19-7-9-20(25)10-8-19/h4-10,15,18H,11-14,16H2,1-3H3. The Labute approximate surface area is 197 Å². The number of thioether (sulfide) groups is 1. The molecule has 1 aliphatic heterocycles. The highest BCUT2D eigenvalue weighted by molar-refractivity contribution is 7.99. The van der Waals surface area contributed by atoms with Gasteiger partial charge >= 0.3 is 0 Å². The first-order chi connectivity index (χ1) is 15.9. The van der Waals surface area contributed by atoms with Crippen LogP contribution in [0.5, 0.6) is 0 Å². The van der Waals surface area contributed by atoms with Crippen LogP contribution >= 0.6 is 11.8 Å². The average Bonchev–Trinajstić information content (AvgIpc) is 3.26. The molecule has 9 heteroatoms. The second-order valence-corrected chi connectivity index (χ2v) is 9.02. The number of amides is 1. The van der Waals surface area contributed by atoms with E-state index in [1.165, 1.54) is 23.9 Å². The van der Waals surface area contributed by atoms with Crippen LogP contribution in [0.2, 0.25) is 0 Å². The van der Waals surface area contributed by atoms with Crippen LogP contribution in [0.4, 0.5) is 10.3 Å². The summed E-state index contributed by atoms with van der Waals surface area (Å²) in [7, 11) is 1.77. The van der Waals surface area contributed by atoms with Gasteiger partial charge in [-0.1, -0.05) is 36.0 Å². The fourth-order valence-electron chi connectivity index (χ4n) is 3.73. The molecule has 0 aliphatic carbocycles. The van der Waals surface area contributed by atoms with Crippen molar-refractivity contribution in [3.8, 4) is 5.69 Å². The fourth-order valence-corrected chi connectivity index (χ4v) is 4.60. The molecule has 174 valence electrons. The van der Waals surface area contributed by atoms with E-state index in [9.17, 15) is 9.18 Å². The maximum Gasteiger partial charge on any atom is 0.233 e. The number of aromatic nitrogens is 3. The smallest absolute Gasteiger partial charge is 0.233 e. The highest BCUT2D eigenvalue weighted by atomic mass is 32.2. The predicted octanol–water partition coefficient (Wildman–Crippen LogP) is 3.86. The van der Waals surface area contributed by atoms with Crippen LogP contribution < -0.4 is 4.90 Å². The molecule has 1 unspecified atom stereocenters. The maximum atomic E-state index is 13.2. The summed E-state index contributed by atoms with van der Waals surface area (Å²) in [4.78, 5) is 16.8. The normalized spacial score (nSPS) is 14.8. The van der Waals surface area contributed by atoms with Gasteiger partial charge in [0, 0.05) is 20.1 Å². The third-order valence-electron chi connectivity index (χ3n) is 5.82. The Kier molecular flexibility index (Phi) is 7.29. The van der Waals surface area contributed by atoms with E-state index in [1.807, 2.05) is 36.6 Å². The van der Waals surface area contributed by atoms with Crippen molar-refractivity contribution in [2.75, 3.05) is 44.0 Å². The number of halogens is 1. The van der Waals surface area contributed by atoms with Gasteiger partial charge in [-0.05, 0) is 49.2 Å². The molecule has 0 bridgehead atoms. The van der Waals surface area contributed by atoms with Crippen molar-refractivity contribution in [1.29, 1.82) is 0 Å². The van der Waals surface area contributed by atoms with E-state index in [0.29, 0.717) is 18.4 Å². The molecular weight excluding hydrogens is 441 g/mol. The van der Waals surface area contributed by atoms with Gasteiger partial charge in [0.25, 0.3) is 0 Å². The summed E-state index contributed by atoms with van der Waals surface area (Å²) >= 11 is 1.36. The van der Waals surface area contributed by atoms with Crippen molar-refractivity contribution in [3.05, 3.63) is 65.5 Å². The molecule has 2 aromatic carbocycles. The van der Waals surface area contributed by atoms with Gasteiger partial charge in [-0.3, -0.25) is 9.36 Å². The number of rotatable bonds is 7. The van der Waals surface area contributed by atoms with Crippen LogP contribution in [0.15, 0.2) is 53.7 Å². The van der Waals surface area contributed by atoms with E-state index >= 15 is 0 Å². The summed E-state index contributed by atoms with van der Waals surface area (Å²) < 4.78 is 20.7. The molecule has 2 heterocycles. The van der Waals surface area contributed by atoms with Gasteiger partial charge in [-0.25, -0.2) is 4.39 Å². The van der Waals surface area contributed by atoms with Crippen LogP contribution in [-0.2, 0) is 9.53 Å². The second kappa shape index (κ2) is 10.4. The van der Waals surface area contributed by atoms with Crippen LogP contribution in [0.3, 0.4) is 0 Å². The summed E-state index contributed by atoms with van der Waals surface area (Å²) in [6.07, 6.45) is 0. The summed E-state index contributed by atoms with van der Waals surface area (Å²) in [5, 5.41) is 9.55. The van der Waals surface area contributed by atoms with Gasteiger partial charge in [0.15, 0.2) is 5.16 Å². The van der Waals surface area contributed by atoms with Crippen molar-refractivity contribution >= 4 is 23.6 Å². The SMILES string of the molecule is Cc1cccc(-n2c(SCC(=O)N(C)C(C)c3ccc(F)cc3)nnc2N2CCOCC2)c1. The van der Waals surface area contributed by atoms with Gasteiger partial charge in [0.2, 0.25) is 11.9 Å². The van der Waals surface area contributed by atoms with Crippen molar-refractivity contribution < 1.29 is 13.9 Å². The molecule has 1 atom stereocenters. The minimum atomic E-state index is -0.290. The molecular formula is C24H28FN5O2S. The minimum absolute atomic E-state index is 0.0384. The number of anilines is 1. The molecule has 1 saturated heterocycles. The predicted molar refractivity (Wildman–Crippen MR) is 127 cm³/mol. The summed E-state index contributed by atoms with van der Waals surface area (Å²) in [5.41, 5.74) is 2.98. The Hall–Kier alpha value is -2.91. The van der Waals surface area contributed by atoms with Crippen LogP contribution in [0, 0.1) is 12.7 Å². The molecule has 1 aromatic heterocycles. The Morgan fingerprint density at radius 3 is 2.61 bits per heavy atom. The number of morpholine rings is 1. The van der Waals surface area contributed by atoms with Gasteiger partial charge in [0.1, 0.15) is 5.82 Å². The number of aryl methyl sites for hydroxylation is 1. The molecule has 1 amide bonds. The molecule has 0 spiro atoms. The lowest BCUT2D eigenvalue weighted by atomic mass is 10.1. The molecule has 4 rings (SSSR count). The maximum absolute atomic E-state index is 13.2. The summed E-state index contributed by atoms with van der Waals surface area (Å²) in [6, 6.07) is 14.2. The quantitative estimate of drug-likeness (QED) is 0.490. The van der Waals surface area contributed by atoms with Crippen molar-refractivity contribution in [2.45, 2.75) is 25.0 Å². The molecule has 1 aliphatic rings. The number of carbonyl (C=O) groups excluding carboxylic acids is 1. The van der Waals surface area contributed by atoms with E-state index in [-0.39, 0.29) is 23.5 Å². The lowest BCUT2D eigenvalue weighted by Crippen LogP contribution is -2.37. The van der Waals surface area contributed by atoms with E-state index in [1.54, 1.807) is 24.1 Å². The first kappa shape index (κ1) is 23.3. The molecule has 0 N–H and O–H groups in total. The average molecular weight is 470 g/mol. The first-order valence-corrected chi connectivity index (χ1v) is 11.9. The minimum Gasteiger partial charge on any atom is -0.378 e. The van der Waals surface area contributed by atoms with E-state index in [4.69, 9.17) is 4.74 Å². The van der Waals surface area contributed by atoms with Crippen LogP contribution in [0.1, 0.15) is 24.1 Å². The molecule has 0 saturated carbocycles. The number of benzene rings is 2. The van der Waals surface area contributed by atoms with Crippen molar-refractivity contribution in [1.82, 2.24) is 19.7 Å². The molecule has 33 heavy (non-hydrogen) atoms. The monoisotopic (exact) mass is 469 g/mol. The zero-order valence-electron chi connectivity index (χ0n) is 19.1. The largest absolute Gasteiger partial charge is 0.378 e. The van der Waals surface area contributed by atoms with Crippen LogP contribution in [-0.4, -0.2) is 64.7 Å².